The van der Waals surface area contributed by atoms with Gasteiger partial charge in [-0.05, 0) is 24.3 Å². The standard InChI is InChI=1S/C19H16ClF2NO3/c20-13-6-4-12(5-7-13)18-25-10-19(11-26-18)8-9-24-17(23-19)16-14(21)2-1-3-15(16)22/h1-7,18H,8-11H2. The summed E-state index contributed by atoms with van der Waals surface area (Å²) >= 11 is 5.89. The highest BCUT2D eigenvalue weighted by atomic mass is 35.5. The van der Waals surface area contributed by atoms with Gasteiger partial charge in [-0.1, -0.05) is 29.8 Å². The number of ether oxygens (including phenoxy) is 3. The predicted molar refractivity (Wildman–Crippen MR) is 92.3 cm³/mol. The highest BCUT2D eigenvalue weighted by Crippen LogP contribution is 2.34. The molecule has 0 atom stereocenters. The molecule has 0 saturated carbocycles. The van der Waals surface area contributed by atoms with Crippen LogP contribution in [0, 0.1) is 11.6 Å². The normalized spacial score (nSPS) is 25.7. The van der Waals surface area contributed by atoms with Crippen LogP contribution in [0.5, 0.6) is 0 Å². The first-order chi connectivity index (χ1) is 12.6. The molecule has 0 radical (unpaired) electrons. The first-order valence-corrected chi connectivity index (χ1v) is 8.60. The van der Waals surface area contributed by atoms with Crippen molar-refractivity contribution in [1.82, 2.24) is 0 Å². The molecule has 4 rings (SSSR count). The Kier molecular flexibility index (Phi) is 4.65. The molecule has 2 aromatic carbocycles. The summed E-state index contributed by atoms with van der Waals surface area (Å²) in [7, 11) is 0. The Morgan fingerprint density at radius 2 is 1.65 bits per heavy atom. The quantitative estimate of drug-likeness (QED) is 0.782. The van der Waals surface area contributed by atoms with Crippen molar-refractivity contribution in [3.8, 4) is 0 Å². The molecule has 2 aliphatic heterocycles. The SMILES string of the molecule is Fc1cccc(F)c1C1=NC2(CCO1)COC(c1ccc(Cl)cc1)OC2. The topological polar surface area (TPSA) is 40.0 Å². The molecule has 0 aliphatic carbocycles. The summed E-state index contributed by atoms with van der Waals surface area (Å²) in [5.41, 5.74) is -0.127. The summed E-state index contributed by atoms with van der Waals surface area (Å²) < 4.78 is 45.1. The molecule has 0 N–H and O–H groups in total. The van der Waals surface area contributed by atoms with Gasteiger partial charge in [0.1, 0.15) is 22.7 Å². The molecule has 1 spiro atoms. The maximum Gasteiger partial charge on any atom is 0.222 e. The van der Waals surface area contributed by atoms with Crippen LogP contribution in [0.3, 0.4) is 0 Å². The summed E-state index contributed by atoms with van der Waals surface area (Å²) in [6, 6.07) is 10.8. The van der Waals surface area contributed by atoms with Crippen molar-refractivity contribution >= 4 is 17.5 Å². The van der Waals surface area contributed by atoms with Crippen molar-refractivity contribution in [1.29, 1.82) is 0 Å². The van der Waals surface area contributed by atoms with E-state index in [-0.39, 0.29) is 31.3 Å². The number of halogens is 3. The van der Waals surface area contributed by atoms with Gasteiger partial charge in [0.15, 0.2) is 6.29 Å². The monoisotopic (exact) mass is 379 g/mol. The largest absolute Gasteiger partial charge is 0.477 e. The van der Waals surface area contributed by atoms with E-state index in [1.807, 2.05) is 12.1 Å². The van der Waals surface area contributed by atoms with Crippen LogP contribution >= 0.6 is 11.6 Å². The predicted octanol–water partition coefficient (Wildman–Crippen LogP) is 4.27. The fourth-order valence-electron chi connectivity index (χ4n) is 3.04. The second-order valence-electron chi connectivity index (χ2n) is 6.34. The third-order valence-electron chi connectivity index (χ3n) is 4.47. The van der Waals surface area contributed by atoms with E-state index >= 15 is 0 Å². The Balaban J connectivity index is 1.55. The molecule has 0 bridgehead atoms. The fourth-order valence-corrected chi connectivity index (χ4v) is 3.17. The van der Waals surface area contributed by atoms with Crippen molar-refractivity contribution in [2.75, 3.05) is 19.8 Å². The van der Waals surface area contributed by atoms with Gasteiger partial charge in [-0.15, -0.1) is 0 Å². The van der Waals surface area contributed by atoms with Crippen LogP contribution < -0.4 is 0 Å². The lowest BCUT2D eigenvalue weighted by molar-refractivity contribution is -0.214. The van der Waals surface area contributed by atoms with Gasteiger partial charge in [0.05, 0.1) is 19.8 Å². The molecule has 1 fully saturated rings. The van der Waals surface area contributed by atoms with Gasteiger partial charge < -0.3 is 14.2 Å². The van der Waals surface area contributed by atoms with E-state index in [9.17, 15) is 8.78 Å². The number of nitrogens with zero attached hydrogens (tertiary/aromatic N) is 1. The lowest BCUT2D eigenvalue weighted by Crippen LogP contribution is -2.47. The van der Waals surface area contributed by atoms with Gasteiger partial charge in [0.2, 0.25) is 5.90 Å². The molecule has 1 saturated heterocycles. The number of hydrogen-bond acceptors (Lipinski definition) is 4. The van der Waals surface area contributed by atoms with Crippen molar-refractivity contribution in [3.05, 3.63) is 70.2 Å². The third-order valence-corrected chi connectivity index (χ3v) is 4.72. The summed E-state index contributed by atoms with van der Waals surface area (Å²) in [6.45, 7) is 0.817. The molecular weight excluding hydrogens is 364 g/mol. The minimum Gasteiger partial charge on any atom is -0.477 e. The molecule has 136 valence electrons. The van der Waals surface area contributed by atoms with E-state index < -0.39 is 23.5 Å². The zero-order valence-corrected chi connectivity index (χ0v) is 14.5. The van der Waals surface area contributed by atoms with Gasteiger partial charge in [-0.25, -0.2) is 13.8 Å². The van der Waals surface area contributed by atoms with E-state index in [0.29, 0.717) is 11.4 Å². The van der Waals surface area contributed by atoms with Crippen LogP contribution in [-0.2, 0) is 14.2 Å². The highest BCUT2D eigenvalue weighted by molar-refractivity contribution is 6.30. The van der Waals surface area contributed by atoms with Gasteiger partial charge in [0.25, 0.3) is 0 Å². The molecule has 4 nitrogen and oxygen atoms in total. The second kappa shape index (κ2) is 6.95. The Bertz CT molecular complexity index is 813. The third kappa shape index (κ3) is 3.32. The Morgan fingerprint density at radius 3 is 2.31 bits per heavy atom. The van der Waals surface area contributed by atoms with Crippen LogP contribution in [0.4, 0.5) is 8.78 Å². The molecule has 2 heterocycles. The van der Waals surface area contributed by atoms with Crippen LogP contribution in [0.25, 0.3) is 0 Å². The number of rotatable bonds is 2. The lowest BCUT2D eigenvalue weighted by Gasteiger charge is -2.39. The average Bonchev–Trinajstić information content (AvgIpc) is 2.63. The van der Waals surface area contributed by atoms with Crippen molar-refractivity contribution in [2.24, 2.45) is 4.99 Å². The minimum atomic E-state index is -0.717. The molecule has 26 heavy (non-hydrogen) atoms. The van der Waals surface area contributed by atoms with Crippen molar-refractivity contribution in [3.63, 3.8) is 0 Å². The van der Waals surface area contributed by atoms with E-state index in [0.717, 1.165) is 5.56 Å². The van der Waals surface area contributed by atoms with E-state index in [1.54, 1.807) is 12.1 Å². The fraction of sp³-hybridized carbons (Fsp3) is 0.316. The van der Waals surface area contributed by atoms with Crippen LogP contribution in [0.1, 0.15) is 23.8 Å². The summed E-state index contributed by atoms with van der Waals surface area (Å²) in [6.07, 6.45) is 0.0180. The molecule has 7 heteroatoms. The maximum absolute atomic E-state index is 14.0. The molecule has 0 aromatic heterocycles. The summed E-state index contributed by atoms with van der Waals surface area (Å²) in [5.74, 6) is -1.47. The number of aliphatic imine (C=N–C) groups is 1. The van der Waals surface area contributed by atoms with Crippen LogP contribution in [0.15, 0.2) is 47.5 Å². The van der Waals surface area contributed by atoms with E-state index in [4.69, 9.17) is 25.8 Å². The average molecular weight is 380 g/mol. The number of benzene rings is 2. The summed E-state index contributed by atoms with van der Waals surface area (Å²) in [5, 5.41) is 0.631. The van der Waals surface area contributed by atoms with Gasteiger partial charge in [0, 0.05) is 17.0 Å². The minimum absolute atomic E-state index is 0.0519. The van der Waals surface area contributed by atoms with Gasteiger partial charge in [-0.3, -0.25) is 0 Å². The first-order valence-electron chi connectivity index (χ1n) is 8.22. The van der Waals surface area contributed by atoms with Crippen LogP contribution in [0.2, 0.25) is 5.02 Å². The molecule has 0 unspecified atom stereocenters. The molecular formula is C19H16ClF2NO3. The molecule has 2 aromatic rings. The first kappa shape index (κ1) is 17.4. The van der Waals surface area contributed by atoms with Crippen molar-refractivity contribution < 1.29 is 23.0 Å². The lowest BCUT2D eigenvalue weighted by atomic mass is 9.96. The van der Waals surface area contributed by atoms with Gasteiger partial charge in [-0.2, -0.15) is 0 Å². The Labute approximate surface area is 154 Å². The molecule has 2 aliphatic rings. The van der Waals surface area contributed by atoms with E-state index in [2.05, 4.69) is 4.99 Å². The van der Waals surface area contributed by atoms with Crippen LogP contribution in [-0.4, -0.2) is 31.3 Å². The summed E-state index contributed by atoms with van der Waals surface area (Å²) in [4.78, 5) is 4.45. The Hall–Kier alpha value is -2.02. The van der Waals surface area contributed by atoms with E-state index in [1.165, 1.54) is 18.2 Å². The Morgan fingerprint density at radius 1 is 1.00 bits per heavy atom. The maximum atomic E-state index is 14.0. The zero-order chi connectivity index (χ0) is 18.1. The highest BCUT2D eigenvalue weighted by Gasteiger charge is 2.41. The number of hydrogen-bond donors (Lipinski definition) is 0. The zero-order valence-electron chi connectivity index (χ0n) is 13.8. The van der Waals surface area contributed by atoms with Gasteiger partial charge >= 0.3 is 0 Å². The second-order valence-corrected chi connectivity index (χ2v) is 6.78. The van der Waals surface area contributed by atoms with Crippen molar-refractivity contribution in [2.45, 2.75) is 18.2 Å². The molecule has 0 amide bonds. The smallest absolute Gasteiger partial charge is 0.222 e.